The molecule has 114 valence electrons. The summed E-state index contributed by atoms with van der Waals surface area (Å²) in [6.45, 7) is 7.10. The van der Waals surface area contributed by atoms with Crippen LogP contribution in [0.15, 0.2) is 0 Å². The fraction of sp³-hybridized carbons (Fsp3) is 0.769. The van der Waals surface area contributed by atoms with Crippen molar-refractivity contribution in [3.8, 4) is 0 Å². The molecule has 20 heavy (non-hydrogen) atoms. The molecule has 0 spiro atoms. The summed E-state index contributed by atoms with van der Waals surface area (Å²) in [6.07, 6.45) is -0.0437. The normalized spacial score (nSPS) is 20.9. The number of hydrogen-bond acceptors (Lipinski definition) is 6. The number of hydrogen-bond donors (Lipinski definition) is 1. The molecule has 0 aromatic rings. The van der Waals surface area contributed by atoms with Gasteiger partial charge in [-0.3, -0.25) is 19.3 Å². The van der Waals surface area contributed by atoms with Crippen LogP contribution in [0.1, 0.15) is 34.1 Å². The van der Waals surface area contributed by atoms with Crippen molar-refractivity contribution in [2.45, 2.75) is 57.6 Å². The van der Waals surface area contributed by atoms with E-state index in [1.807, 2.05) is 0 Å². The molecule has 1 aliphatic rings. The molecule has 1 fully saturated rings. The molecule has 0 aromatic carbocycles. The average molecular weight is 302 g/mol. The number of nitrogens with zero attached hydrogens (tertiary/aromatic N) is 1. The number of likely N-dealkylation sites (tertiary alicyclic amines) is 1. The standard InChI is InChI=1S/C13H22N2O4S/c1-7(2)15-11(16)5-10(12(15)17)20-6-9(14)13(18)19-8(3)4/h7-10H,5-6,14H2,1-4H3/t9-,10?/m1/s1. The van der Waals surface area contributed by atoms with Crippen LogP contribution in [0.25, 0.3) is 0 Å². The second-order valence-electron chi connectivity index (χ2n) is 5.31. The third kappa shape index (κ3) is 4.21. The van der Waals surface area contributed by atoms with Crippen LogP contribution in [-0.4, -0.2) is 51.9 Å². The Morgan fingerprint density at radius 1 is 1.40 bits per heavy atom. The molecule has 1 saturated heterocycles. The Kier molecular flexibility index (Phi) is 6.01. The molecule has 6 nitrogen and oxygen atoms in total. The number of nitrogens with two attached hydrogens (primary N) is 1. The van der Waals surface area contributed by atoms with E-state index in [1.165, 1.54) is 16.7 Å². The van der Waals surface area contributed by atoms with Crippen molar-refractivity contribution in [2.75, 3.05) is 5.75 Å². The predicted octanol–water partition coefficient (Wildman–Crippen LogP) is 0.534. The zero-order valence-electron chi connectivity index (χ0n) is 12.3. The molecule has 0 saturated carbocycles. The summed E-state index contributed by atoms with van der Waals surface area (Å²) in [6, 6.07) is -0.918. The van der Waals surface area contributed by atoms with Gasteiger partial charge in [0.05, 0.1) is 11.4 Å². The molecule has 0 aliphatic carbocycles. The first-order valence-corrected chi connectivity index (χ1v) is 7.72. The van der Waals surface area contributed by atoms with Crippen LogP contribution >= 0.6 is 11.8 Å². The largest absolute Gasteiger partial charge is 0.462 e. The lowest BCUT2D eigenvalue weighted by Crippen LogP contribution is -2.38. The van der Waals surface area contributed by atoms with Crippen molar-refractivity contribution in [3.63, 3.8) is 0 Å². The number of thioether (sulfide) groups is 1. The van der Waals surface area contributed by atoms with Crippen LogP contribution in [0, 0.1) is 0 Å². The van der Waals surface area contributed by atoms with Crippen molar-refractivity contribution in [1.29, 1.82) is 0 Å². The van der Waals surface area contributed by atoms with Crippen LogP contribution < -0.4 is 5.73 Å². The van der Waals surface area contributed by atoms with E-state index in [9.17, 15) is 14.4 Å². The minimum absolute atomic E-state index is 0.139. The van der Waals surface area contributed by atoms with Gasteiger partial charge >= 0.3 is 5.97 Å². The van der Waals surface area contributed by atoms with Gasteiger partial charge in [-0.1, -0.05) is 0 Å². The first-order chi connectivity index (χ1) is 9.23. The van der Waals surface area contributed by atoms with Crippen LogP contribution in [0.3, 0.4) is 0 Å². The van der Waals surface area contributed by atoms with E-state index in [1.54, 1.807) is 27.7 Å². The van der Waals surface area contributed by atoms with E-state index < -0.39 is 17.3 Å². The van der Waals surface area contributed by atoms with Gasteiger partial charge in [0.1, 0.15) is 6.04 Å². The Morgan fingerprint density at radius 3 is 2.45 bits per heavy atom. The highest BCUT2D eigenvalue weighted by Crippen LogP contribution is 2.27. The minimum atomic E-state index is -0.779. The Hall–Kier alpha value is -1.08. The number of imide groups is 1. The Labute approximate surface area is 123 Å². The fourth-order valence-corrected chi connectivity index (χ4v) is 2.99. The molecule has 1 unspecified atom stereocenters. The molecule has 0 radical (unpaired) electrons. The molecule has 2 N–H and O–H groups in total. The van der Waals surface area contributed by atoms with Gasteiger partial charge in [0, 0.05) is 18.2 Å². The highest BCUT2D eigenvalue weighted by Gasteiger charge is 2.40. The van der Waals surface area contributed by atoms with Crippen LogP contribution in [0.4, 0.5) is 0 Å². The molecular formula is C13H22N2O4S. The van der Waals surface area contributed by atoms with Crippen LogP contribution in [0.5, 0.6) is 0 Å². The van der Waals surface area contributed by atoms with Gasteiger partial charge in [0.25, 0.3) is 0 Å². The first kappa shape index (κ1) is 17.0. The molecule has 2 amide bonds. The smallest absolute Gasteiger partial charge is 0.324 e. The Balaban J connectivity index is 2.49. The number of ether oxygens (including phenoxy) is 1. The highest BCUT2D eigenvalue weighted by molar-refractivity contribution is 8.00. The monoisotopic (exact) mass is 302 g/mol. The van der Waals surface area contributed by atoms with Crippen molar-refractivity contribution in [1.82, 2.24) is 4.90 Å². The predicted molar refractivity (Wildman–Crippen MR) is 77.1 cm³/mol. The number of amides is 2. The minimum Gasteiger partial charge on any atom is -0.462 e. The highest BCUT2D eigenvalue weighted by atomic mass is 32.2. The second-order valence-corrected chi connectivity index (χ2v) is 6.55. The van der Waals surface area contributed by atoms with E-state index in [-0.39, 0.29) is 36.1 Å². The zero-order chi connectivity index (χ0) is 15.4. The van der Waals surface area contributed by atoms with Gasteiger partial charge in [0.15, 0.2) is 0 Å². The zero-order valence-corrected chi connectivity index (χ0v) is 13.1. The van der Waals surface area contributed by atoms with Gasteiger partial charge in [-0.05, 0) is 27.7 Å². The summed E-state index contributed by atoms with van der Waals surface area (Å²) in [7, 11) is 0. The molecule has 1 heterocycles. The lowest BCUT2D eigenvalue weighted by Gasteiger charge is -2.19. The molecule has 1 aliphatic heterocycles. The van der Waals surface area contributed by atoms with Gasteiger partial charge in [-0.15, -0.1) is 11.8 Å². The van der Waals surface area contributed by atoms with E-state index in [0.717, 1.165) is 0 Å². The van der Waals surface area contributed by atoms with Gasteiger partial charge in [0.2, 0.25) is 11.8 Å². The topological polar surface area (TPSA) is 89.7 Å². The second kappa shape index (κ2) is 7.08. The SMILES string of the molecule is CC(C)OC(=O)[C@H](N)CSC1CC(=O)N(C(C)C)C1=O. The van der Waals surface area contributed by atoms with E-state index in [2.05, 4.69) is 0 Å². The van der Waals surface area contributed by atoms with Crippen molar-refractivity contribution in [3.05, 3.63) is 0 Å². The lowest BCUT2D eigenvalue weighted by atomic mass is 10.3. The third-order valence-corrected chi connectivity index (χ3v) is 4.11. The summed E-state index contributed by atoms with van der Waals surface area (Å²) in [5.41, 5.74) is 5.71. The molecule has 0 aromatic heterocycles. The summed E-state index contributed by atoms with van der Waals surface area (Å²) >= 11 is 1.24. The average Bonchev–Trinajstić information content (AvgIpc) is 2.60. The summed E-state index contributed by atoms with van der Waals surface area (Å²) < 4.78 is 4.99. The molecule has 0 bridgehead atoms. The Morgan fingerprint density at radius 2 is 2.00 bits per heavy atom. The van der Waals surface area contributed by atoms with Crippen molar-refractivity contribution >= 4 is 29.5 Å². The molecular weight excluding hydrogens is 280 g/mol. The Bertz CT molecular complexity index is 398. The van der Waals surface area contributed by atoms with Crippen molar-refractivity contribution in [2.24, 2.45) is 5.73 Å². The molecule has 2 atom stereocenters. The van der Waals surface area contributed by atoms with Gasteiger partial charge in [-0.2, -0.15) is 0 Å². The fourth-order valence-electron chi connectivity index (χ4n) is 1.90. The van der Waals surface area contributed by atoms with E-state index in [0.29, 0.717) is 0 Å². The lowest BCUT2D eigenvalue weighted by molar-refractivity contribution is -0.148. The summed E-state index contributed by atoms with van der Waals surface area (Å²) in [4.78, 5) is 36.6. The number of carbonyl (C=O) groups excluding carboxylic acids is 3. The first-order valence-electron chi connectivity index (χ1n) is 6.67. The van der Waals surface area contributed by atoms with E-state index >= 15 is 0 Å². The third-order valence-electron chi connectivity index (χ3n) is 2.79. The van der Waals surface area contributed by atoms with Gasteiger partial charge in [-0.25, -0.2) is 0 Å². The van der Waals surface area contributed by atoms with E-state index in [4.69, 9.17) is 10.5 Å². The quantitative estimate of drug-likeness (QED) is 0.569. The van der Waals surface area contributed by atoms with Gasteiger partial charge < -0.3 is 10.5 Å². The number of rotatable bonds is 6. The molecule has 7 heteroatoms. The van der Waals surface area contributed by atoms with Crippen LogP contribution in [0.2, 0.25) is 0 Å². The maximum atomic E-state index is 12.0. The number of carbonyl (C=O) groups is 3. The summed E-state index contributed by atoms with van der Waals surface area (Å²) in [5.74, 6) is -0.577. The molecule has 1 rings (SSSR count). The maximum absolute atomic E-state index is 12.0. The van der Waals surface area contributed by atoms with Crippen LogP contribution in [-0.2, 0) is 19.1 Å². The number of esters is 1. The van der Waals surface area contributed by atoms with Crippen molar-refractivity contribution < 1.29 is 19.1 Å². The summed E-state index contributed by atoms with van der Waals surface area (Å²) in [5, 5.41) is -0.442. The maximum Gasteiger partial charge on any atom is 0.324 e.